The molecule has 0 aliphatic carbocycles. The quantitative estimate of drug-likeness (QED) is 0.758. The molecule has 0 saturated heterocycles. The van der Waals surface area contributed by atoms with Crippen molar-refractivity contribution in [1.29, 1.82) is 0 Å². The lowest BCUT2D eigenvalue weighted by atomic mass is 10.1. The molecule has 0 heterocycles. The van der Waals surface area contributed by atoms with Gasteiger partial charge in [0.15, 0.2) is 0 Å². The van der Waals surface area contributed by atoms with Crippen LogP contribution in [0.4, 0.5) is 15.8 Å². The van der Waals surface area contributed by atoms with E-state index in [0.717, 1.165) is 0 Å². The number of rotatable bonds is 4. The van der Waals surface area contributed by atoms with Crippen molar-refractivity contribution in [2.24, 2.45) is 5.73 Å². The minimum atomic E-state index is -0.660. The van der Waals surface area contributed by atoms with Crippen LogP contribution in [0.5, 0.6) is 0 Å². The van der Waals surface area contributed by atoms with E-state index in [1.165, 1.54) is 18.2 Å². The van der Waals surface area contributed by atoms with E-state index in [2.05, 4.69) is 5.32 Å². The number of nitrogens with one attached hydrogen (secondary N) is 1. The first-order valence-corrected chi connectivity index (χ1v) is 6.67. The molecule has 110 valence electrons. The zero-order valence-electron chi connectivity index (χ0n) is 11.4. The summed E-state index contributed by atoms with van der Waals surface area (Å²) < 4.78 is 13.8. The second-order valence-corrected chi connectivity index (χ2v) is 5.08. The molecule has 0 fully saturated rings. The molecule has 4 nitrogen and oxygen atoms in total. The van der Waals surface area contributed by atoms with Crippen molar-refractivity contribution in [1.82, 2.24) is 0 Å². The Morgan fingerprint density at radius 1 is 1.33 bits per heavy atom. The van der Waals surface area contributed by atoms with Crippen LogP contribution in [0.15, 0.2) is 36.4 Å². The van der Waals surface area contributed by atoms with E-state index >= 15 is 0 Å². The van der Waals surface area contributed by atoms with Crippen LogP contribution in [0.3, 0.4) is 0 Å². The highest BCUT2D eigenvalue weighted by Crippen LogP contribution is 2.32. The van der Waals surface area contributed by atoms with E-state index in [0.29, 0.717) is 16.9 Å². The van der Waals surface area contributed by atoms with Gasteiger partial charge < -0.3 is 16.8 Å². The largest absolute Gasteiger partial charge is 0.399 e. The molecule has 6 heteroatoms. The Bertz CT molecular complexity index is 691. The first-order valence-electron chi connectivity index (χ1n) is 6.30. The average molecular weight is 308 g/mol. The molecule has 1 atom stereocenters. The fourth-order valence-electron chi connectivity index (χ4n) is 2.09. The molecule has 5 N–H and O–H groups in total. The summed E-state index contributed by atoms with van der Waals surface area (Å²) in [6, 6.07) is 8.90. The molecule has 0 radical (unpaired) electrons. The Kier molecular flexibility index (Phi) is 4.33. The lowest BCUT2D eigenvalue weighted by Gasteiger charge is -2.19. The van der Waals surface area contributed by atoms with E-state index in [1.54, 1.807) is 25.1 Å². The second-order valence-electron chi connectivity index (χ2n) is 4.68. The molecule has 1 unspecified atom stereocenters. The zero-order valence-corrected chi connectivity index (χ0v) is 12.1. The number of hydrogen-bond donors (Lipinski definition) is 3. The van der Waals surface area contributed by atoms with Crippen molar-refractivity contribution >= 4 is 28.9 Å². The number of nitrogens with two attached hydrogens (primary N) is 2. The number of anilines is 2. The Hall–Kier alpha value is -2.27. The molecular weight excluding hydrogens is 293 g/mol. The SMILES string of the molecule is CC(Nc1c(Cl)cc(N)cc1C(N)=O)c1ccccc1F. The fourth-order valence-corrected chi connectivity index (χ4v) is 2.37. The van der Waals surface area contributed by atoms with Crippen molar-refractivity contribution in [2.45, 2.75) is 13.0 Å². The van der Waals surface area contributed by atoms with Gasteiger partial charge in [-0.15, -0.1) is 0 Å². The molecule has 0 aliphatic rings. The predicted molar refractivity (Wildman–Crippen MR) is 82.8 cm³/mol. The van der Waals surface area contributed by atoms with Gasteiger partial charge >= 0.3 is 0 Å². The number of halogens is 2. The van der Waals surface area contributed by atoms with Gasteiger partial charge in [-0.1, -0.05) is 29.8 Å². The van der Waals surface area contributed by atoms with Crippen LogP contribution in [-0.2, 0) is 0 Å². The van der Waals surface area contributed by atoms with Crippen molar-refractivity contribution < 1.29 is 9.18 Å². The first kappa shape index (κ1) is 15.1. The predicted octanol–water partition coefficient (Wildman–Crippen LogP) is 3.33. The summed E-state index contributed by atoms with van der Waals surface area (Å²) in [5.41, 5.74) is 12.3. The highest BCUT2D eigenvalue weighted by atomic mass is 35.5. The normalized spacial score (nSPS) is 12.0. The lowest BCUT2D eigenvalue weighted by Crippen LogP contribution is -2.17. The maximum atomic E-state index is 13.8. The molecule has 0 aromatic heterocycles. The highest BCUT2D eigenvalue weighted by Gasteiger charge is 2.17. The van der Waals surface area contributed by atoms with Gasteiger partial charge in [0.2, 0.25) is 0 Å². The maximum absolute atomic E-state index is 13.8. The zero-order chi connectivity index (χ0) is 15.6. The van der Waals surface area contributed by atoms with E-state index in [-0.39, 0.29) is 16.4 Å². The van der Waals surface area contributed by atoms with Gasteiger partial charge in [0.05, 0.1) is 22.3 Å². The van der Waals surface area contributed by atoms with Crippen molar-refractivity contribution in [3.63, 3.8) is 0 Å². The number of benzene rings is 2. The molecule has 0 saturated carbocycles. The van der Waals surface area contributed by atoms with E-state index in [1.807, 2.05) is 0 Å². The average Bonchev–Trinajstić information content (AvgIpc) is 2.41. The van der Waals surface area contributed by atoms with Gasteiger partial charge in [0.25, 0.3) is 5.91 Å². The van der Waals surface area contributed by atoms with Crippen molar-refractivity contribution in [3.05, 3.63) is 58.4 Å². The maximum Gasteiger partial charge on any atom is 0.250 e. The van der Waals surface area contributed by atoms with Crippen LogP contribution in [0.2, 0.25) is 5.02 Å². The van der Waals surface area contributed by atoms with Crippen LogP contribution in [0.1, 0.15) is 28.9 Å². The summed E-state index contributed by atoms with van der Waals surface area (Å²) in [4.78, 5) is 11.5. The van der Waals surface area contributed by atoms with Gasteiger partial charge in [-0.2, -0.15) is 0 Å². The summed E-state index contributed by atoms with van der Waals surface area (Å²) in [5, 5.41) is 3.27. The summed E-state index contributed by atoms with van der Waals surface area (Å²) in [7, 11) is 0. The standard InChI is InChI=1S/C15H15ClFN3O/c1-8(10-4-2-3-5-13(10)17)20-14-11(15(19)21)6-9(18)7-12(14)16/h2-8,20H,18H2,1H3,(H2,19,21). The lowest BCUT2D eigenvalue weighted by molar-refractivity contribution is 0.100. The molecule has 0 bridgehead atoms. The minimum absolute atomic E-state index is 0.170. The van der Waals surface area contributed by atoms with E-state index in [9.17, 15) is 9.18 Å². The van der Waals surface area contributed by atoms with E-state index < -0.39 is 11.9 Å². The summed E-state index contributed by atoms with van der Waals surface area (Å²) >= 11 is 6.11. The number of hydrogen-bond acceptors (Lipinski definition) is 3. The third-order valence-corrected chi connectivity index (χ3v) is 3.41. The van der Waals surface area contributed by atoms with Gasteiger partial charge in [0, 0.05) is 11.3 Å². The summed E-state index contributed by atoms with van der Waals surface area (Å²) in [5.74, 6) is -1.00. The number of amides is 1. The molecule has 0 spiro atoms. The Morgan fingerprint density at radius 2 is 2.00 bits per heavy atom. The third kappa shape index (κ3) is 3.25. The number of nitrogen functional groups attached to an aromatic ring is 1. The Labute approximate surface area is 126 Å². The van der Waals surface area contributed by atoms with Crippen LogP contribution in [0, 0.1) is 5.82 Å². The topological polar surface area (TPSA) is 81.1 Å². The Balaban J connectivity index is 2.40. The monoisotopic (exact) mass is 307 g/mol. The molecular formula is C15H15ClFN3O. The number of primary amides is 1. The Morgan fingerprint density at radius 3 is 2.62 bits per heavy atom. The molecule has 2 aromatic carbocycles. The van der Waals surface area contributed by atoms with Crippen LogP contribution < -0.4 is 16.8 Å². The molecule has 1 amide bonds. The smallest absolute Gasteiger partial charge is 0.250 e. The fraction of sp³-hybridized carbons (Fsp3) is 0.133. The summed E-state index contributed by atoms with van der Waals surface area (Å²) in [6.45, 7) is 1.76. The molecule has 0 aliphatic heterocycles. The molecule has 2 rings (SSSR count). The van der Waals surface area contributed by atoms with Crippen LogP contribution in [0.25, 0.3) is 0 Å². The van der Waals surface area contributed by atoms with Gasteiger partial charge in [-0.25, -0.2) is 4.39 Å². The van der Waals surface area contributed by atoms with Gasteiger partial charge in [-0.3, -0.25) is 4.79 Å². The van der Waals surface area contributed by atoms with Gasteiger partial charge in [-0.05, 0) is 25.1 Å². The van der Waals surface area contributed by atoms with E-state index in [4.69, 9.17) is 23.1 Å². The molecule has 21 heavy (non-hydrogen) atoms. The highest BCUT2D eigenvalue weighted by molar-refractivity contribution is 6.34. The third-order valence-electron chi connectivity index (χ3n) is 3.11. The molecule has 2 aromatic rings. The van der Waals surface area contributed by atoms with Crippen LogP contribution >= 0.6 is 11.6 Å². The van der Waals surface area contributed by atoms with Gasteiger partial charge in [0.1, 0.15) is 5.82 Å². The first-order chi connectivity index (χ1) is 9.90. The summed E-state index contributed by atoms with van der Waals surface area (Å²) in [6.07, 6.45) is 0. The second kappa shape index (κ2) is 6.01. The minimum Gasteiger partial charge on any atom is -0.399 e. The number of carbonyl (C=O) groups excluding carboxylic acids is 1. The van der Waals surface area contributed by atoms with Crippen LogP contribution in [-0.4, -0.2) is 5.91 Å². The number of carbonyl (C=O) groups is 1. The van der Waals surface area contributed by atoms with Crippen molar-refractivity contribution in [2.75, 3.05) is 11.1 Å². The van der Waals surface area contributed by atoms with Crippen molar-refractivity contribution in [3.8, 4) is 0 Å².